The van der Waals surface area contributed by atoms with Crippen LogP contribution in [0.2, 0.25) is 0 Å². The van der Waals surface area contributed by atoms with Crippen LogP contribution in [0.3, 0.4) is 0 Å². The van der Waals surface area contributed by atoms with Crippen LogP contribution >= 0.6 is 0 Å². The van der Waals surface area contributed by atoms with E-state index in [0.717, 1.165) is 17.5 Å². The summed E-state index contributed by atoms with van der Waals surface area (Å²) >= 11 is 0. The van der Waals surface area contributed by atoms with Gasteiger partial charge in [-0.2, -0.15) is 5.10 Å². The van der Waals surface area contributed by atoms with Crippen LogP contribution in [0.15, 0.2) is 29.3 Å². The highest BCUT2D eigenvalue weighted by Crippen LogP contribution is 2.29. The summed E-state index contributed by atoms with van der Waals surface area (Å²) in [5, 5.41) is 4.08. The van der Waals surface area contributed by atoms with Gasteiger partial charge in [0.1, 0.15) is 0 Å². The van der Waals surface area contributed by atoms with Gasteiger partial charge < -0.3 is 4.74 Å². The van der Waals surface area contributed by atoms with Crippen LogP contribution in [0, 0.1) is 13.8 Å². The number of aryl methyl sites for hydroxylation is 3. The summed E-state index contributed by atoms with van der Waals surface area (Å²) < 4.78 is 34.8. The molecule has 0 fully saturated rings. The van der Waals surface area contributed by atoms with Crippen molar-refractivity contribution >= 4 is 15.7 Å². The van der Waals surface area contributed by atoms with E-state index in [-0.39, 0.29) is 4.90 Å². The SMILES string of the molecule is Cc1ccc(C)c(NS(=O)(=O)c2cnn3c2OCCC3)c1. The molecule has 1 N–H and O–H groups in total. The maximum absolute atomic E-state index is 12.6. The minimum Gasteiger partial charge on any atom is -0.477 e. The van der Waals surface area contributed by atoms with Crippen molar-refractivity contribution < 1.29 is 13.2 Å². The van der Waals surface area contributed by atoms with Crippen molar-refractivity contribution in [3.63, 3.8) is 0 Å². The number of nitrogens with one attached hydrogen (secondary N) is 1. The average molecular weight is 307 g/mol. The minimum atomic E-state index is -3.71. The van der Waals surface area contributed by atoms with Crippen LogP contribution in [0.4, 0.5) is 5.69 Å². The Morgan fingerprint density at radius 1 is 1.33 bits per heavy atom. The monoisotopic (exact) mass is 307 g/mol. The third kappa shape index (κ3) is 2.61. The first kappa shape index (κ1) is 13.9. The van der Waals surface area contributed by atoms with E-state index in [1.54, 1.807) is 4.68 Å². The summed E-state index contributed by atoms with van der Waals surface area (Å²) in [5.41, 5.74) is 2.43. The van der Waals surface area contributed by atoms with Crippen molar-refractivity contribution in [2.45, 2.75) is 31.7 Å². The van der Waals surface area contributed by atoms with Gasteiger partial charge in [-0.05, 0) is 31.0 Å². The number of aromatic nitrogens is 2. The molecule has 0 bridgehead atoms. The number of hydrogen-bond donors (Lipinski definition) is 1. The molecule has 0 radical (unpaired) electrons. The Kier molecular flexibility index (Phi) is 3.36. The molecule has 7 heteroatoms. The zero-order valence-corrected chi connectivity index (χ0v) is 12.8. The topological polar surface area (TPSA) is 73.2 Å². The van der Waals surface area contributed by atoms with E-state index in [1.807, 2.05) is 32.0 Å². The van der Waals surface area contributed by atoms with Crippen molar-refractivity contribution in [2.24, 2.45) is 0 Å². The van der Waals surface area contributed by atoms with Gasteiger partial charge in [-0.3, -0.25) is 4.72 Å². The second-order valence-corrected chi connectivity index (χ2v) is 6.81. The smallest absolute Gasteiger partial charge is 0.268 e. The number of ether oxygens (including phenoxy) is 1. The highest BCUT2D eigenvalue weighted by molar-refractivity contribution is 7.92. The van der Waals surface area contributed by atoms with Crippen LogP contribution in [-0.2, 0) is 16.6 Å². The first-order valence-electron chi connectivity index (χ1n) is 6.76. The molecule has 1 aliphatic rings. The Morgan fingerprint density at radius 3 is 2.95 bits per heavy atom. The van der Waals surface area contributed by atoms with Gasteiger partial charge in [-0.15, -0.1) is 0 Å². The highest BCUT2D eigenvalue weighted by atomic mass is 32.2. The third-order valence-corrected chi connectivity index (χ3v) is 4.79. The zero-order valence-electron chi connectivity index (χ0n) is 12.0. The fourth-order valence-corrected chi connectivity index (χ4v) is 3.47. The van der Waals surface area contributed by atoms with Gasteiger partial charge in [0.15, 0.2) is 4.90 Å². The van der Waals surface area contributed by atoms with Gasteiger partial charge in [0.05, 0.1) is 18.5 Å². The molecule has 0 aliphatic carbocycles. The summed E-state index contributed by atoms with van der Waals surface area (Å²) in [6.45, 7) is 4.97. The van der Waals surface area contributed by atoms with E-state index in [4.69, 9.17) is 4.74 Å². The molecular weight excluding hydrogens is 290 g/mol. The summed E-state index contributed by atoms with van der Waals surface area (Å²) in [6, 6.07) is 5.64. The lowest BCUT2D eigenvalue weighted by molar-refractivity contribution is 0.224. The summed E-state index contributed by atoms with van der Waals surface area (Å²) in [4.78, 5) is 0.0862. The number of hydrogen-bond acceptors (Lipinski definition) is 4. The summed E-state index contributed by atoms with van der Waals surface area (Å²) in [7, 11) is -3.71. The van der Waals surface area contributed by atoms with E-state index in [2.05, 4.69) is 9.82 Å². The summed E-state index contributed by atoms with van der Waals surface area (Å²) in [5.74, 6) is 0.319. The normalized spacial score (nSPS) is 14.4. The van der Waals surface area contributed by atoms with Crippen molar-refractivity contribution in [3.8, 4) is 5.88 Å². The third-order valence-electron chi connectivity index (χ3n) is 3.44. The Bertz CT molecular complexity index is 781. The van der Waals surface area contributed by atoms with Gasteiger partial charge >= 0.3 is 0 Å². The Labute approximate surface area is 123 Å². The van der Waals surface area contributed by atoms with Gasteiger partial charge in [0.25, 0.3) is 10.0 Å². The Hall–Kier alpha value is -2.02. The van der Waals surface area contributed by atoms with Crippen LogP contribution in [0.25, 0.3) is 0 Å². The first-order chi connectivity index (χ1) is 9.97. The van der Waals surface area contributed by atoms with Crippen LogP contribution in [0.1, 0.15) is 17.5 Å². The Morgan fingerprint density at radius 2 is 2.14 bits per heavy atom. The lowest BCUT2D eigenvalue weighted by atomic mass is 10.1. The number of nitrogens with zero attached hydrogens (tertiary/aromatic N) is 2. The quantitative estimate of drug-likeness (QED) is 0.942. The van der Waals surface area contributed by atoms with Gasteiger partial charge in [0, 0.05) is 13.0 Å². The van der Waals surface area contributed by atoms with E-state index >= 15 is 0 Å². The molecule has 0 saturated carbocycles. The molecule has 1 aromatic heterocycles. The molecule has 0 atom stereocenters. The molecular formula is C14H17N3O3S. The molecule has 6 nitrogen and oxygen atoms in total. The molecule has 1 aromatic carbocycles. The number of anilines is 1. The van der Waals surface area contributed by atoms with Crippen molar-refractivity contribution in [1.82, 2.24) is 9.78 Å². The molecule has 112 valence electrons. The first-order valence-corrected chi connectivity index (χ1v) is 8.24. The lowest BCUT2D eigenvalue weighted by Crippen LogP contribution is -2.19. The second kappa shape index (κ2) is 5.07. The molecule has 3 rings (SSSR count). The largest absolute Gasteiger partial charge is 0.477 e. The molecule has 0 spiro atoms. The van der Waals surface area contributed by atoms with E-state index in [9.17, 15) is 8.42 Å². The van der Waals surface area contributed by atoms with Crippen molar-refractivity contribution in [2.75, 3.05) is 11.3 Å². The maximum atomic E-state index is 12.6. The highest BCUT2D eigenvalue weighted by Gasteiger charge is 2.27. The van der Waals surface area contributed by atoms with Crippen molar-refractivity contribution in [3.05, 3.63) is 35.5 Å². The summed E-state index contributed by atoms with van der Waals surface area (Å²) in [6.07, 6.45) is 2.17. The van der Waals surface area contributed by atoms with Crippen LogP contribution in [-0.4, -0.2) is 24.8 Å². The average Bonchev–Trinajstić information content (AvgIpc) is 2.87. The molecule has 0 saturated heterocycles. The van der Waals surface area contributed by atoms with Gasteiger partial charge in [0.2, 0.25) is 5.88 Å². The molecule has 2 aromatic rings. The molecule has 21 heavy (non-hydrogen) atoms. The molecule has 2 heterocycles. The molecule has 0 amide bonds. The standard InChI is InChI=1S/C14H17N3O3S/c1-10-4-5-11(2)12(8-10)16-21(18,19)13-9-15-17-6-3-7-20-14(13)17/h4-5,8-9,16H,3,6-7H2,1-2H3. The predicted molar refractivity (Wildman–Crippen MR) is 79.1 cm³/mol. The van der Waals surface area contributed by atoms with Crippen molar-refractivity contribution in [1.29, 1.82) is 0 Å². The Balaban J connectivity index is 1.98. The molecule has 0 unspecified atom stereocenters. The predicted octanol–water partition coefficient (Wildman–Crippen LogP) is 2.08. The van der Waals surface area contributed by atoms with Gasteiger partial charge in [-0.1, -0.05) is 12.1 Å². The lowest BCUT2D eigenvalue weighted by Gasteiger charge is -2.16. The van der Waals surface area contributed by atoms with Gasteiger partial charge in [-0.25, -0.2) is 13.1 Å². The van der Waals surface area contributed by atoms with Crippen LogP contribution < -0.4 is 9.46 Å². The maximum Gasteiger partial charge on any atom is 0.268 e. The zero-order chi connectivity index (χ0) is 15.0. The van der Waals surface area contributed by atoms with E-state index < -0.39 is 10.0 Å². The second-order valence-electron chi connectivity index (χ2n) is 5.16. The minimum absolute atomic E-state index is 0.0862. The van der Waals surface area contributed by atoms with E-state index in [0.29, 0.717) is 24.7 Å². The number of sulfonamides is 1. The van der Waals surface area contributed by atoms with Crippen LogP contribution in [0.5, 0.6) is 5.88 Å². The molecule has 1 aliphatic heterocycles. The number of rotatable bonds is 3. The fourth-order valence-electron chi connectivity index (χ4n) is 2.27. The number of fused-ring (bicyclic) bond motifs is 1. The fraction of sp³-hybridized carbons (Fsp3) is 0.357. The van der Waals surface area contributed by atoms with E-state index in [1.165, 1.54) is 6.20 Å². The number of benzene rings is 1.